The highest BCUT2D eigenvalue weighted by atomic mass is 16.5. The number of hydrazine groups is 1. The molecule has 2 N–H and O–H groups in total. The van der Waals surface area contributed by atoms with Gasteiger partial charge in [0.2, 0.25) is 40.8 Å². The minimum Gasteiger partial charge on any atom is -0.493 e. The van der Waals surface area contributed by atoms with Gasteiger partial charge in [-0.2, -0.15) is 0 Å². The van der Waals surface area contributed by atoms with Crippen molar-refractivity contribution in [3.05, 3.63) is 47.2 Å². The maximum atomic E-state index is 13.0. The van der Waals surface area contributed by atoms with Crippen molar-refractivity contribution in [2.24, 2.45) is 10.8 Å². The molecule has 19 nitrogen and oxygen atoms in total. The van der Waals surface area contributed by atoms with Gasteiger partial charge in [-0.3, -0.25) is 39.6 Å². The molecule has 0 unspecified atom stereocenters. The molecule has 3 heterocycles. The third kappa shape index (κ3) is 13.9. The fourth-order valence-corrected chi connectivity index (χ4v) is 7.89. The zero-order valence-electron chi connectivity index (χ0n) is 42.5. The Kier molecular flexibility index (Phi) is 20.2. The average Bonchev–Trinajstić information content (AvgIpc) is 3.86. The zero-order valence-corrected chi connectivity index (χ0v) is 42.5. The van der Waals surface area contributed by atoms with E-state index in [2.05, 4.69) is 21.0 Å². The number of piperidine rings is 2. The van der Waals surface area contributed by atoms with Crippen LogP contribution in [0.2, 0.25) is 0 Å². The minimum atomic E-state index is -0.803. The van der Waals surface area contributed by atoms with E-state index in [1.54, 1.807) is 66.1 Å². The second kappa shape index (κ2) is 25.3. The molecule has 4 amide bonds. The van der Waals surface area contributed by atoms with E-state index in [9.17, 15) is 28.8 Å². The molecule has 0 spiro atoms. The number of likely N-dealkylation sites (tertiary alicyclic amines) is 2. The van der Waals surface area contributed by atoms with Gasteiger partial charge in [0, 0.05) is 36.8 Å². The Hall–Kier alpha value is -6.40. The van der Waals surface area contributed by atoms with Gasteiger partial charge in [0.25, 0.3) is 17.7 Å². The summed E-state index contributed by atoms with van der Waals surface area (Å²) in [7, 11) is 9.26. The fourth-order valence-electron chi connectivity index (χ4n) is 7.89. The molecule has 2 aliphatic rings. The number of nitrogens with zero attached hydrogens (tertiary/aromatic N) is 4. The number of carbonyl (C=O) groups excluding carboxylic acids is 6. The summed E-state index contributed by atoms with van der Waals surface area (Å²) in [4.78, 5) is 79.5. The summed E-state index contributed by atoms with van der Waals surface area (Å²) in [6, 6.07) is 6.12. The standard InChI is InChI=1S/C25H37N3O7.C25H35N3O6/c1-7-25(2,3)22(30)24(32)28-13-9-8-10-17(28)23(31)27-26-20(29)12-11-16-14-18(33-4)21(35-6)19(15-16)34-5;1-7-25(2,3)22(29)24(30)28-13-9-8-10-17(28)23-27-26-20(34-23)12-11-16-14-18(31-4)21(33-6)19(15-16)32-5/h14-15,17H,7-13H2,1-6H3,(H,26,29)(H,27,31);14-15,17H,7-13H2,1-6H3/t2*17-/m00/s1. The van der Waals surface area contributed by atoms with Crippen LogP contribution in [0.3, 0.4) is 0 Å². The van der Waals surface area contributed by atoms with Crippen LogP contribution in [0, 0.1) is 10.8 Å². The first-order valence-electron chi connectivity index (χ1n) is 23.5. The van der Waals surface area contributed by atoms with E-state index >= 15 is 0 Å². The van der Waals surface area contributed by atoms with E-state index in [1.807, 2.05) is 26.0 Å². The maximum absolute atomic E-state index is 13.0. The van der Waals surface area contributed by atoms with Crippen LogP contribution in [-0.2, 0) is 48.0 Å². The SMILES string of the molecule is CCC(C)(C)C(=O)C(=O)N1CCCC[C@H]1C(=O)NNC(=O)CCc1cc(OC)c(OC)c(OC)c1.CCC(C)(C)C(=O)C(=O)N1CCCC[C@H]1c1nnc(CCc2cc(OC)c(OC)c(OC)c2)o1. The van der Waals surface area contributed by atoms with Gasteiger partial charge >= 0.3 is 0 Å². The van der Waals surface area contributed by atoms with Crippen LogP contribution in [0.5, 0.6) is 34.5 Å². The first-order valence-corrected chi connectivity index (χ1v) is 23.5. The van der Waals surface area contributed by atoms with E-state index in [0.29, 0.717) is 104 Å². The number of ether oxygens (including phenoxy) is 6. The molecule has 19 heteroatoms. The highest BCUT2D eigenvalue weighted by molar-refractivity contribution is 6.38. The number of methoxy groups -OCH3 is 6. The molecule has 2 atom stereocenters. The lowest BCUT2D eigenvalue weighted by molar-refractivity contribution is -0.154. The lowest BCUT2D eigenvalue weighted by Gasteiger charge is -2.35. The number of Topliss-reactive ketones (excluding diaryl/α,β-unsaturated/α-hetero) is 2. The quantitative estimate of drug-likeness (QED) is 0.0961. The Labute approximate surface area is 405 Å². The van der Waals surface area contributed by atoms with Crippen LogP contribution >= 0.6 is 0 Å². The maximum Gasteiger partial charge on any atom is 0.291 e. The minimum absolute atomic E-state index is 0.0927. The number of aromatic nitrogens is 2. The summed E-state index contributed by atoms with van der Waals surface area (Å²) in [5.74, 6) is 1.09. The first-order chi connectivity index (χ1) is 32.8. The van der Waals surface area contributed by atoms with E-state index in [1.165, 1.54) is 26.2 Å². The number of rotatable bonds is 20. The van der Waals surface area contributed by atoms with Crippen molar-refractivity contribution in [2.75, 3.05) is 55.7 Å². The van der Waals surface area contributed by atoms with Crippen molar-refractivity contribution >= 4 is 35.2 Å². The number of hydrogen-bond donors (Lipinski definition) is 2. The molecule has 2 fully saturated rings. The summed E-state index contributed by atoms with van der Waals surface area (Å²) in [5.41, 5.74) is 5.10. The van der Waals surface area contributed by atoms with E-state index < -0.39 is 46.3 Å². The highest BCUT2D eigenvalue weighted by Gasteiger charge is 2.41. The second-order valence-corrected chi connectivity index (χ2v) is 18.3. The van der Waals surface area contributed by atoms with Gasteiger partial charge in [-0.05, 0) is 99.6 Å². The lowest BCUT2D eigenvalue weighted by atomic mass is 9.84. The van der Waals surface area contributed by atoms with Crippen LogP contribution in [0.4, 0.5) is 0 Å². The molecule has 0 radical (unpaired) electrons. The van der Waals surface area contributed by atoms with Gasteiger partial charge in [0.05, 0.1) is 42.7 Å². The predicted octanol–water partition coefficient (Wildman–Crippen LogP) is 6.12. The Morgan fingerprint density at radius 3 is 1.55 bits per heavy atom. The van der Waals surface area contributed by atoms with Crippen LogP contribution in [0.1, 0.15) is 128 Å². The molecule has 0 bridgehead atoms. The Morgan fingerprint density at radius 2 is 1.07 bits per heavy atom. The van der Waals surface area contributed by atoms with Gasteiger partial charge < -0.3 is 42.6 Å². The fraction of sp³-hybridized carbons (Fsp3) is 0.600. The molecule has 380 valence electrons. The number of amides is 4. The van der Waals surface area contributed by atoms with Gasteiger partial charge in [-0.25, -0.2) is 0 Å². The molecule has 2 aliphatic heterocycles. The molecule has 1 aromatic heterocycles. The van der Waals surface area contributed by atoms with Crippen LogP contribution < -0.4 is 39.3 Å². The molecule has 2 aromatic carbocycles. The van der Waals surface area contributed by atoms with Crippen molar-refractivity contribution in [1.82, 2.24) is 30.8 Å². The topological polar surface area (TPSA) is 227 Å². The third-order valence-electron chi connectivity index (χ3n) is 13.0. The van der Waals surface area contributed by atoms with Crippen LogP contribution in [0.25, 0.3) is 0 Å². The predicted molar refractivity (Wildman–Crippen MR) is 254 cm³/mol. The lowest BCUT2D eigenvalue weighted by Crippen LogP contribution is -2.57. The highest BCUT2D eigenvalue weighted by Crippen LogP contribution is 2.40. The normalized spacial score (nSPS) is 16.0. The van der Waals surface area contributed by atoms with Crippen molar-refractivity contribution in [3.63, 3.8) is 0 Å². The summed E-state index contributed by atoms with van der Waals surface area (Å²) >= 11 is 0. The van der Waals surface area contributed by atoms with Crippen LogP contribution in [0.15, 0.2) is 28.7 Å². The molecule has 0 aliphatic carbocycles. The zero-order chi connectivity index (χ0) is 51.1. The smallest absolute Gasteiger partial charge is 0.291 e. The molecular weight excluding hydrogens is 893 g/mol. The summed E-state index contributed by atoms with van der Waals surface area (Å²) < 4.78 is 38.1. The first kappa shape index (κ1) is 55.2. The summed E-state index contributed by atoms with van der Waals surface area (Å²) in [5, 5.41) is 8.43. The number of aryl methyl sites for hydroxylation is 3. The molecule has 5 rings (SSSR count). The van der Waals surface area contributed by atoms with Crippen molar-refractivity contribution in [2.45, 2.75) is 131 Å². The van der Waals surface area contributed by atoms with Gasteiger partial charge in [0.1, 0.15) is 12.1 Å². The Bertz CT molecular complexity index is 2220. The number of ketones is 2. The number of hydrogen-bond acceptors (Lipinski definition) is 15. The summed E-state index contributed by atoms with van der Waals surface area (Å²) in [6.07, 6.45) is 7.09. The van der Waals surface area contributed by atoms with Crippen molar-refractivity contribution < 1.29 is 61.6 Å². The number of benzene rings is 2. The number of nitrogens with one attached hydrogen (secondary N) is 2. The Morgan fingerprint density at radius 1 is 0.609 bits per heavy atom. The largest absolute Gasteiger partial charge is 0.493 e. The van der Waals surface area contributed by atoms with Gasteiger partial charge in [0.15, 0.2) is 23.0 Å². The molecular formula is C50H72N6O13. The molecule has 69 heavy (non-hydrogen) atoms. The van der Waals surface area contributed by atoms with Crippen molar-refractivity contribution in [3.8, 4) is 34.5 Å². The third-order valence-corrected chi connectivity index (χ3v) is 13.0. The monoisotopic (exact) mass is 965 g/mol. The van der Waals surface area contributed by atoms with E-state index in [-0.39, 0.29) is 18.2 Å². The average molecular weight is 965 g/mol. The van der Waals surface area contributed by atoms with E-state index in [4.69, 9.17) is 32.8 Å². The Balaban J connectivity index is 0.000000301. The van der Waals surface area contributed by atoms with Gasteiger partial charge in [-0.1, -0.05) is 41.5 Å². The number of carbonyl (C=O) groups is 6. The molecule has 2 saturated heterocycles. The van der Waals surface area contributed by atoms with Crippen LogP contribution in [-0.4, -0.2) is 117 Å². The molecule has 3 aromatic rings. The van der Waals surface area contributed by atoms with Gasteiger partial charge in [-0.15, -0.1) is 10.2 Å². The van der Waals surface area contributed by atoms with E-state index in [0.717, 1.165) is 36.8 Å². The second-order valence-electron chi connectivity index (χ2n) is 18.3. The van der Waals surface area contributed by atoms with Crippen molar-refractivity contribution in [1.29, 1.82) is 0 Å². The summed E-state index contributed by atoms with van der Waals surface area (Å²) in [6.45, 7) is 11.7. The molecule has 0 saturated carbocycles.